The van der Waals surface area contributed by atoms with E-state index in [1.807, 2.05) is 91.9 Å². The van der Waals surface area contributed by atoms with Crippen molar-refractivity contribution >= 4 is 88.3 Å². The normalized spacial score (nSPS) is 28.0. The van der Waals surface area contributed by atoms with E-state index in [1.54, 1.807) is 0 Å². The zero-order valence-electron chi connectivity index (χ0n) is 52.6. The van der Waals surface area contributed by atoms with Crippen molar-refractivity contribution in [2.45, 2.75) is 258 Å². The highest BCUT2D eigenvalue weighted by Crippen LogP contribution is 2.65. The highest BCUT2D eigenvalue weighted by atomic mass is 32.2. The highest BCUT2D eigenvalue weighted by Gasteiger charge is 2.79. The van der Waals surface area contributed by atoms with Gasteiger partial charge in [0.2, 0.25) is 5.91 Å². The molecule has 0 spiro atoms. The molecule has 1 heterocycles. The molecule has 2 saturated carbocycles. The minimum absolute atomic E-state index is 0.0567. The third-order valence-electron chi connectivity index (χ3n) is 19.7. The first-order chi connectivity index (χ1) is 38.2. The first-order valence-electron chi connectivity index (χ1n) is 30.0. The number of ketones is 1. The van der Waals surface area contributed by atoms with Crippen molar-refractivity contribution in [3.63, 3.8) is 0 Å². The smallest absolute Gasteiger partial charge is 0.337 e. The topological polar surface area (TPSA) is 216 Å². The maximum Gasteiger partial charge on any atom is 0.337 e. The molecule has 16 nitrogen and oxygen atoms in total. The van der Waals surface area contributed by atoms with E-state index < -0.39 is 119 Å². The van der Waals surface area contributed by atoms with Gasteiger partial charge in [-0.25, -0.2) is 4.79 Å². The second-order valence-electron chi connectivity index (χ2n) is 25.6. The minimum atomic E-state index is -2.93. The van der Waals surface area contributed by atoms with E-state index in [4.69, 9.17) is 32.2 Å². The summed E-state index contributed by atoms with van der Waals surface area (Å²) in [6, 6.07) is 12.2. The van der Waals surface area contributed by atoms with Crippen LogP contribution < -0.4 is 5.32 Å². The lowest BCUT2D eigenvalue weighted by molar-refractivity contribution is -0.346. The molecular weight excluding hydrogens is 1140 g/mol. The quantitative estimate of drug-likeness (QED) is 0.0275. The van der Waals surface area contributed by atoms with E-state index >= 15 is 9.59 Å². The predicted molar refractivity (Wildman–Crippen MR) is 330 cm³/mol. The van der Waals surface area contributed by atoms with Crippen molar-refractivity contribution in [2.24, 2.45) is 16.7 Å². The summed E-state index contributed by atoms with van der Waals surface area (Å²) in [5.41, 5.74) is -5.59. The van der Waals surface area contributed by atoms with Gasteiger partial charge in [0.1, 0.15) is 30.0 Å². The number of carbonyl (C=O) groups excluding carboxylic acids is 7. The van der Waals surface area contributed by atoms with E-state index in [2.05, 4.69) is 46.9 Å². The molecule has 1 aliphatic heterocycles. The Morgan fingerprint density at radius 1 is 0.805 bits per heavy atom. The molecule has 462 valence electrons. The predicted octanol–water partition coefficient (Wildman–Crippen LogP) is 11.7. The molecule has 11 atom stereocenters. The molecule has 82 heavy (non-hydrogen) atoms. The number of nitrogens with one attached hydrogen (secondary N) is 1. The van der Waals surface area contributed by atoms with Crippen LogP contribution in [0.25, 0.3) is 0 Å². The number of benzene rings is 1. The van der Waals surface area contributed by atoms with Crippen LogP contribution in [-0.4, -0.2) is 136 Å². The van der Waals surface area contributed by atoms with Crippen molar-refractivity contribution in [3.05, 3.63) is 47.0 Å². The van der Waals surface area contributed by atoms with Crippen LogP contribution in [0.3, 0.4) is 0 Å². The summed E-state index contributed by atoms with van der Waals surface area (Å²) in [7, 11) is -8.40. The molecule has 3 fully saturated rings. The Kier molecular flexibility index (Phi) is 23.6. The van der Waals surface area contributed by atoms with Gasteiger partial charge >= 0.3 is 17.9 Å². The van der Waals surface area contributed by atoms with Crippen LogP contribution in [0.15, 0.2) is 41.5 Å². The van der Waals surface area contributed by atoms with Crippen molar-refractivity contribution in [2.75, 3.05) is 18.1 Å². The fourth-order valence-electron chi connectivity index (χ4n) is 13.1. The third kappa shape index (κ3) is 14.4. The van der Waals surface area contributed by atoms with Gasteiger partial charge in [0.05, 0.1) is 30.1 Å². The Morgan fingerprint density at radius 2 is 1.34 bits per heavy atom. The molecule has 1 amide bonds. The van der Waals surface area contributed by atoms with Gasteiger partial charge in [0, 0.05) is 63.4 Å². The second-order valence-corrected chi connectivity index (χ2v) is 42.4. The molecule has 21 heteroatoms. The Hall–Kier alpha value is -3.00. The van der Waals surface area contributed by atoms with Crippen LogP contribution >= 0.6 is 23.5 Å². The number of hydrogen-bond donors (Lipinski definition) is 2. The number of Topliss-reactive ketones (excluding diaryl/α,β-unsaturated/α-hetero) is 1. The second kappa shape index (κ2) is 27.8. The van der Waals surface area contributed by atoms with Crippen molar-refractivity contribution in [1.29, 1.82) is 0 Å². The number of ether oxygens (including phenoxy) is 4. The molecule has 2 bridgehead atoms. The van der Waals surface area contributed by atoms with Gasteiger partial charge in [-0.1, -0.05) is 130 Å². The average Bonchev–Trinajstić information content (AvgIpc) is 3.56. The molecule has 4 aliphatic rings. The van der Waals surface area contributed by atoms with Crippen LogP contribution in [0.4, 0.5) is 0 Å². The SMILES string of the molecule is CC[Si](CC)(CC)O[C@H]1C(=O)[C@]2(C)[C@@H](O[Si](CC)(CC)CC)C[C@H]3OC[C@@]3(OC(C)=O)[C@H]2[C@H](OC(=O)CCCSC(C)=O)[C@]2(O)C[C@H](OC(=O)[C@H](O[Si](C)(C)C(C)(C)C)[C@@H](NC(=O)CCCSC(C)=O)c3ccccc3)C(C)=C1C2(C)C. The molecule has 1 aromatic carbocycles. The first-order valence-corrected chi connectivity index (χ1v) is 40.0. The van der Waals surface area contributed by atoms with Crippen molar-refractivity contribution in [3.8, 4) is 0 Å². The van der Waals surface area contributed by atoms with Crippen LogP contribution in [0.5, 0.6) is 0 Å². The Labute approximate surface area is 501 Å². The summed E-state index contributed by atoms with van der Waals surface area (Å²) in [4.78, 5) is 99.6. The molecule has 0 radical (unpaired) electrons. The highest BCUT2D eigenvalue weighted by molar-refractivity contribution is 8.13. The third-order valence-corrected chi connectivity index (χ3v) is 35.2. The van der Waals surface area contributed by atoms with Crippen molar-refractivity contribution in [1.82, 2.24) is 5.32 Å². The number of fused-ring (bicyclic) bond motifs is 5. The lowest BCUT2D eigenvalue weighted by Crippen LogP contribution is -2.82. The Morgan fingerprint density at radius 3 is 1.83 bits per heavy atom. The number of thioether (sulfide) groups is 2. The van der Waals surface area contributed by atoms with Crippen LogP contribution in [0, 0.1) is 16.7 Å². The summed E-state index contributed by atoms with van der Waals surface area (Å²) in [5, 5.41) is 17.2. The fraction of sp³-hybridized carbons (Fsp3) is 0.754. The van der Waals surface area contributed by atoms with Gasteiger partial charge in [-0.05, 0) is 97.8 Å². The lowest BCUT2D eigenvalue weighted by atomic mass is 9.44. The Balaban J connectivity index is 1.88. The van der Waals surface area contributed by atoms with E-state index in [9.17, 15) is 29.1 Å². The average molecular weight is 1230 g/mol. The Bertz CT molecular complexity index is 2480. The van der Waals surface area contributed by atoms with Crippen LogP contribution in [-0.2, 0) is 65.8 Å². The number of esters is 3. The summed E-state index contributed by atoms with van der Waals surface area (Å²) < 4.78 is 49.1. The molecule has 2 N–H and O–H groups in total. The van der Waals surface area contributed by atoms with E-state index in [1.165, 1.54) is 20.8 Å². The molecule has 3 aliphatic carbocycles. The molecule has 0 aromatic heterocycles. The maximum absolute atomic E-state index is 17.2. The van der Waals surface area contributed by atoms with Gasteiger partial charge in [-0.2, -0.15) is 0 Å². The van der Waals surface area contributed by atoms with Gasteiger partial charge in [-0.3, -0.25) is 28.8 Å². The van der Waals surface area contributed by atoms with Gasteiger partial charge < -0.3 is 42.6 Å². The molecular formula is C61H99NO15S2Si3. The summed E-state index contributed by atoms with van der Waals surface area (Å²) in [5.74, 6) is -3.49. The molecule has 1 aromatic rings. The summed E-state index contributed by atoms with van der Waals surface area (Å²) >= 11 is 2.21. The zero-order chi connectivity index (χ0) is 61.6. The molecule has 5 rings (SSSR count). The summed E-state index contributed by atoms with van der Waals surface area (Å²) in [6.45, 7) is 34.0. The van der Waals surface area contributed by atoms with Crippen LogP contribution in [0.1, 0.15) is 161 Å². The largest absolute Gasteiger partial charge is 0.459 e. The van der Waals surface area contributed by atoms with E-state index in [0.717, 1.165) is 41.7 Å². The zero-order valence-corrected chi connectivity index (χ0v) is 57.2. The van der Waals surface area contributed by atoms with Crippen molar-refractivity contribution < 1.29 is 70.9 Å². The first kappa shape index (κ1) is 69.8. The summed E-state index contributed by atoms with van der Waals surface area (Å²) in [6.07, 6.45) is -7.08. The monoisotopic (exact) mass is 1230 g/mol. The van der Waals surface area contributed by atoms with E-state index in [-0.39, 0.29) is 60.6 Å². The number of hydrogen-bond acceptors (Lipinski definition) is 17. The molecule has 0 unspecified atom stereocenters. The standard InChI is InChI=1S/C61H99NO15S2Si3/c1-19-81(20-2,21-3)75-45-36-46-60(38-71-46,74-40(8)63)53-55(73-48(67)33-29-35-79-42(10)65)61(70)37-44(39(7)49(58(61,14)15)51(54(68)59(45,53)16)77-82(22-4,23-5)24-6)72-56(69)52(76-80(17,18)57(11,12)13)50(43-30-26-25-27-31-43)62-47(66)32-28-34-78-41(9)64/h25-27,30-31,44-46,50-53,55,70H,19-24,28-29,32-38H2,1-18H3,(H,62,66)/t44-,45-,46+,50-,51+,52+,53-,55-,59+,60-,61+/m0/s1. The van der Waals surface area contributed by atoms with Gasteiger partial charge in [-0.15, -0.1) is 0 Å². The minimum Gasteiger partial charge on any atom is -0.459 e. The lowest BCUT2D eigenvalue weighted by Gasteiger charge is -2.68. The van der Waals surface area contributed by atoms with Gasteiger partial charge in [0.15, 0.2) is 52.7 Å². The number of aliphatic hydroxyl groups is 1. The van der Waals surface area contributed by atoms with Crippen LogP contribution in [0.2, 0.25) is 54.4 Å². The van der Waals surface area contributed by atoms with Gasteiger partial charge in [0.25, 0.3) is 0 Å². The fourth-order valence-corrected chi connectivity index (χ4v) is 21.1. The molecule has 1 saturated heterocycles. The number of amides is 1. The number of rotatable bonds is 27. The van der Waals surface area contributed by atoms with E-state index in [0.29, 0.717) is 52.8 Å². The maximum atomic E-state index is 17.2. The number of carbonyl (C=O) groups is 7.